The van der Waals surface area contributed by atoms with Gasteiger partial charge in [0.2, 0.25) is 5.91 Å². The molecule has 0 heterocycles. The summed E-state index contributed by atoms with van der Waals surface area (Å²) in [5, 5.41) is 3.00. The normalized spacial score (nSPS) is 15.3. The molecule has 0 unspecified atom stereocenters. The van der Waals surface area contributed by atoms with Gasteiger partial charge in [0.05, 0.1) is 12.2 Å². The van der Waals surface area contributed by atoms with Crippen LogP contribution in [0.25, 0.3) is 0 Å². The molecule has 0 fully saturated rings. The van der Waals surface area contributed by atoms with E-state index in [0.717, 1.165) is 18.6 Å². The highest BCUT2D eigenvalue weighted by Crippen LogP contribution is 2.35. The van der Waals surface area contributed by atoms with Gasteiger partial charge in [-0.3, -0.25) is 9.69 Å². The zero-order valence-electron chi connectivity index (χ0n) is 16.0. The number of para-hydroxylation sites is 3. The van der Waals surface area contributed by atoms with Crippen molar-refractivity contribution < 1.29 is 9.53 Å². The maximum Gasteiger partial charge on any atom is 0.238 e. The van der Waals surface area contributed by atoms with Crippen LogP contribution in [0.1, 0.15) is 23.6 Å². The second-order valence-electron chi connectivity index (χ2n) is 7.13. The molecule has 4 rings (SSSR count). The standard InChI is InChI=1S/C24H24N2O2/c1-26(22-16-15-18-9-5-6-12-20(18)22)17-24(27)25-21-13-7-8-14-23(21)28-19-10-3-2-4-11-19/h2-14,22H,15-17H2,1H3,(H,25,27)/t22-/m0/s1. The first kappa shape index (κ1) is 18.3. The van der Waals surface area contributed by atoms with Gasteiger partial charge in [-0.2, -0.15) is 0 Å². The molecule has 1 N–H and O–H groups in total. The Kier molecular flexibility index (Phi) is 5.40. The van der Waals surface area contributed by atoms with Gasteiger partial charge in [-0.1, -0.05) is 54.6 Å². The maximum atomic E-state index is 12.7. The molecule has 0 radical (unpaired) electrons. The Morgan fingerprint density at radius 2 is 1.71 bits per heavy atom. The maximum absolute atomic E-state index is 12.7. The Labute approximate surface area is 165 Å². The highest BCUT2D eigenvalue weighted by Gasteiger charge is 2.26. The van der Waals surface area contributed by atoms with E-state index in [-0.39, 0.29) is 11.9 Å². The van der Waals surface area contributed by atoms with Gasteiger partial charge in [-0.25, -0.2) is 0 Å². The number of nitrogens with zero attached hydrogens (tertiary/aromatic N) is 1. The van der Waals surface area contributed by atoms with Gasteiger partial charge in [-0.05, 0) is 55.3 Å². The van der Waals surface area contributed by atoms with Crippen molar-refractivity contribution >= 4 is 11.6 Å². The number of anilines is 1. The molecule has 0 aromatic heterocycles. The molecule has 4 nitrogen and oxygen atoms in total. The second-order valence-corrected chi connectivity index (χ2v) is 7.13. The van der Waals surface area contributed by atoms with Crippen LogP contribution in [0, 0.1) is 0 Å². The lowest BCUT2D eigenvalue weighted by Gasteiger charge is -2.24. The number of ether oxygens (including phenoxy) is 1. The summed E-state index contributed by atoms with van der Waals surface area (Å²) < 4.78 is 5.93. The molecule has 1 aliphatic carbocycles. The molecule has 3 aromatic carbocycles. The molecule has 142 valence electrons. The lowest BCUT2D eigenvalue weighted by Crippen LogP contribution is -2.32. The van der Waals surface area contributed by atoms with Crippen LogP contribution in [-0.4, -0.2) is 24.4 Å². The Balaban J connectivity index is 1.42. The van der Waals surface area contributed by atoms with Crippen molar-refractivity contribution in [2.45, 2.75) is 18.9 Å². The first-order valence-electron chi connectivity index (χ1n) is 9.60. The second kappa shape index (κ2) is 8.28. The SMILES string of the molecule is CN(CC(=O)Nc1ccccc1Oc1ccccc1)[C@H]1CCc2ccccc21. The van der Waals surface area contributed by atoms with Gasteiger partial charge < -0.3 is 10.1 Å². The fraction of sp³-hybridized carbons (Fsp3) is 0.208. The van der Waals surface area contributed by atoms with Crippen LogP contribution in [0.2, 0.25) is 0 Å². The molecule has 0 aliphatic heterocycles. The van der Waals surface area contributed by atoms with Crippen LogP contribution in [-0.2, 0) is 11.2 Å². The van der Waals surface area contributed by atoms with Gasteiger partial charge in [0.15, 0.2) is 5.75 Å². The molecule has 1 amide bonds. The number of rotatable bonds is 6. The van der Waals surface area contributed by atoms with Crippen molar-refractivity contribution in [1.82, 2.24) is 4.90 Å². The van der Waals surface area contributed by atoms with Gasteiger partial charge in [0.1, 0.15) is 5.75 Å². The first-order valence-corrected chi connectivity index (χ1v) is 9.60. The predicted molar refractivity (Wildman–Crippen MR) is 112 cm³/mol. The van der Waals surface area contributed by atoms with Crippen molar-refractivity contribution in [3.05, 3.63) is 90.0 Å². The minimum absolute atomic E-state index is 0.0454. The Morgan fingerprint density at radius 3 is 2.57 bits per heavy atom. The van der Waals surface area contributed by atoms with Crippen molar-refractivity contribution in [1.29, 1.82) is 0 Å². The molecule has 0 saturated carbocycles. The largest absolute Gasteiger partial charge is 0.455 e. The number of hydrogen-bond acceptors (Lipinski definition) is 3. The van der Waals surface area contributed by atoms with Gasteiger partial charge in [0.25, 0.3) is 0 Å². The Bertz CT molecular complexity index is 956. The van der Waals surface area contributed by atoms with E-state index in [1.807, 2.05) is 61.6 Å². The fourth-order valence-electron chi connectivity index (χ4n) is 3.79. The third-order valence-electron chi connectivity index (χ3n) is 5.16. The zero-order chi connectivity index (χ0) is 19.3. The molecule has 28 heavy (non-hydrogen) atoms. The first-order chi connectivity index (χ1) is 13.7. The average molecular weight is 372 g/mol. The minimum Gasteiger partial charge on any atom is -0.455 e. The van der Waals surface area contributed by atoms with E-state index in [0.29, 0.717) is 18.0 Å². The number of carbonyl (C=O) groups excluding carboxylic acids is 1. The van der Waals surface area contributed by atoms with E-state index in [1.165, 1.54) is 11.1 Å². The number of nitrogens with one attached hydrogen (secondary N) is 1. The molecular formula is C24H24N2O2. The van der Waals surface area contributed by atoms with Gasteiger partial charge in [-0.15, -0.1) is 0 Å². The van der Waals surface area contributed by atoms with Gasteiger partial charge in [0, 0.05) is 6.04 Å². The summed E-state index contributed by atoms with van der Waals surface area (Å²) in [6.07, 6.45) is 2.12. The predicted octanol–water partition coefficient (Wildman–Crippen LogP) is 5.04. The van der Waals surface area contributed by atoms with E-state index in [9.17, 15) is 4.79 Å². The Hall–Kier alpha value is -3.11. The molecule has 0 bridgehead atoms. The average Bonchev–Trinajstić information content (AvgIpc) is 3.14. The van der Waals surface area contributed by atoms with E-state index in [4.69, 9.17) is 4.74 Å². The van der Waals surface area contributed by atoms with Gasteiger partial charge >= 0.3 is 0 Å². The van der Waals surface area contributed by atoms with Crippen LogP contribution < -0.4 is 10.1 Å². The number of aryl methyl sites for hydroxylation is 1. The third kappa shape index (κ3) is 4.07. The molecule has 0 saturated heterocycles. The van der Waals surface area contributed by atoms with Crippen molar-refractivity contribution in [3.63, 3.8) is 0 Å². The monoisotopic (exact) mass is 372 g/mol. The number of likely N-dealkylation sites (N-methyl/N-ethyl adjacent to an activating group) is 1. The number of benzene rings is 3. The van der Waals surface area contributed by atoms with Crippen LogP contribution in [0.15, 0.2) is 78.9 Å². The summed E-state index contributed by atoms with van der Waals surface area (Å²) in [6.45, 7) is 0.332. The fourth-order valence-corrected chi connectivity index (χ4v) is 3.79. The number of fused-ring (bicyclic) bond motifs is 1. The quantitative estimate of drug-likeness (QED) is 0.659. The smallest absolute Gasteiger partial charge is 0.238 e. The zero-order valence-corrected chi connectivity index (χ0v) is 16.0. The van der Waals surface area contributed by atoms with E-state index >= 15 is 0 Å². The van der Waals surface area contributed by atoms with E-state index in [1.54, 1.807) is 0 Å². The highest BCUT2D eigenvalue weighted by atomic mass is 16.5. The summed E-state index contributed by atoms with van der Waals surface area (Å²) >= 11 is 0. The molecule has 3 aromatic rings. The van der Waals surface area contributed by atoms with E-state index in [2.05, 4.69) is 34.5 Å². The molecular weight excluding hydrogens is 348 g/mol. The number of hydrogen-bond donors (Lipinski definition) is 1. The van der Waals surface area contributed by atoms with Crippen LogP contribution in [0.5, 0.6) is 11.5 Å². The number of amides is 1. The van der Waals surface area contributed by atoms with Crippen LogP contribution >= 0.6 is 0 Å². The highest BCUT2D eigenvalue weighted by molar-refractivity contribution is 5.93. The molecule has 1 atom stereocenters. The minimum atomic E-state index is -0.0454. The topological polar surface area (TPSA) is 41.6 Å². The summed E-state index contributed by atoms with van der Waals surface area (Å²) in [5.74, 6) is 1.33. The van der Waals surface area contributed by atoms with Crippen molar-refractivity contribution in [3.8, 4) is 11.5 Å². The number of carbonyl (C=O) groups is 1. The lowest BCUT2D eigenvalue weighted by molar-refractivity contribution is -0.117. The van der Waals surface area contributed by atoms with Crippen molar-refractivity contribution in [2.75, 3.05) is 18.9 Å². The van der Waals surface area contributed by atoms with Crippen molar-refractivity contribution in [2.24, 2.45) is 0 Å². The summed E-state index contributed by atoms with van der Waals surface area (Å²) in [6, 6.07) is 25.9. The van der Waals surface area contributed by atoms with E-state index < -0.39 is 0 Å². The lowest BCUT2D eigenvalue weighted by atomic mass is 10.1. The summed E-state index contributed by atoms with van der Waals surface area (Å²) in [5.41, 5.74) is 3.41. The van der Waals surface area contributed by atoms with Crippen LogP contribution in [0.4, 0.5) is 5.69 Å². The molecule has 0 spiro atoms. The summed E-state index contributed by atoms with van der Waals surface area (Å²) in [7, 11) is 2.01. The Morgan fingerprint density at radius 1 is 1.00 bits per heavy atom. The molecule has 1 aliphatic rings. The van der Waals surface area contributed by atoms with Crippen LogP contribution in [0.3, 0.4) is 0 Å². The molecule has 4 heteroatoms. The third-order valence-corrected chi connectivity index (χ3v) is 5.16. The summed E-state index contributed by atoms with van der Waals surface area (Å²) in [4.78, 5) is 14.8.